The van der Waals surface area contributed by atoms with Crippen molar-refractivity contribution in [2.75, 3.05) is 14.2 Å². The van der Waals surface area contributed by atoms with Crippen molar-refractivity contribution in [2.45, 2.75) is 13.2 Å². The van der Waals surface area contributed by atoms with Gasteiger partial charge in [-0.2, -0.15) is 0 Å². The molecule has 0 aliphatic heterocycles. The van der Waals surface area contributed by atoms with E-state index in [1.165, 1.54) is 6.07 Å². The molecule has 0 fully saturated rings. The predicted molar refractivity (Wildman–Crippen MR) is 84.2 cm³/mol. The van der Waals surface area contributed by atoms with Crippen molar-refractivity contribution in [3.05, 3.63) is 57.8 Å². The zero-order chi connectivity index (χ0) is 15.2. The highest BCUT2D eigenvalue weighted by Crippen LogP contribution is 2.27. The molecule has 2 rings (SSSR count). The van der Waals surface area contributed by atoms with Gasteiger partial charge in [0.2, 0.25) is 0 Å². The molecule has 1 N–H and O–H groups in total. The summed E-state index contributed by atoms with van der Waals surface area (Å²) in [5.74, 6) is 0.657. The van der Waals surface area contributed by atoms with Crippen LogP contribution in [0.3, 0.4) is 0 Å². The van der Waals surface area contributed by atoms with E-state index in [1.54, 1.807) is 13.2 Å². The Morgan fingerprint density at radius 2 is 2.00 bits per heavy atom. The summed E-state index contributed by atoms with van der Waals surface area (Å²) in [5, 5.41) is 3.00. The van der Waals surface area contributed by atoms with Gasteiger partial charge in [0.15, 0.2) is 11.6 Å². The van der Waals surface area contributed by atoms with Crippen LogP contribution < -0.4 is 14.8 Å². The summed E-state index contributed by atoms with van der Waals surface area (Å²) in [6.07, 6.45) is 0. The van der Waals surface area contributed by atoms with E-state index >= 15 is 0 Å². The lowest BCUT2D eigenvalue weighted by Gasteiger charge is -2.13. The summed E-state index contributed by atoms with van der Waals surface area (Å²) >= 11 is 3.46. The number of hydrogen-bond acceptors (Lipinski definition) is 3. The molecule has 0 aliphatic rings. The third kappa shape index (κ3) is 3.95. The van der Waals surface area contributed by atoms with E-state index in [4.69, 9.17) is 9.47 Å². The molecular formula is C16H17BrFNO2. The highest BCUT2D eigenvalue weighted by molar-refractivity contribution is 9.10. The lowest BCUT2D eigenvalue weighted by molar-refractivity contribution is 0.285. The quantitative estimate of drug-likeness (QED) is 0.854. The molecule has 2 aromatic carbocycles. The van der Waals surface area contributed by atoms with Crippen LogP contribution in [0.15, 0.2) is 40.9 Å². The first-order valence-electron chi connectivity index (χ1n) is 6.53. The van der Waals surface area contributed by atoms with E-state index in [0.29, 0.717) is 6.54 Å². The molecule has 5 heteroatoms. The minimum absolute atomic E-state index is 0.259. The molecule has 0 saturated carbocycles. The average Bonchev–Trinajstić information content (AvgIpc) is 2.48. The Labute approximate surface area is 132 Å². The molecule has 0 amide bonds. The van der Waals surface area contributed by atoms with Crippen LogP contribution in [-0.2, 0) is 13.2 Å². The van der Waals surface area contributed by atoms with Gasteiger partial charge in [0.25, 0.3) is 0 Å². The van der Waals surface area contributed by atoms with Crippen LogP contribution in [0.5, 0.6) is 11.5 Å². The fourth-order valence-electron chi connectivity index (χ4n) is 1.98. The molecule has 21 heavy (non-hydrogen) atoms. The van der Waals surface area contributed by atoms with Crippen molar-refractivity contribution in [2.24, 2.45) is 0 Å². The molecule has 0 bridgehead atoms. The third-order valence-corrected chi connectivity index (χ3v) is 3.81. The minimum Gasteiger partial charge on any atom is -0.497 e. The Bertz CT molecular complexity index is 619. The maximum absolute atomic E-state index is 13.9. The number of hydrogen-bond donors (Lipinski definition) is 1. The van der Waals surface area contributed by atoms with Crippen LogP contribution in [0, 0.1) is 5.82 Å². The smallest absolute Gasteiger partial charge is 0.165 e. The van der Waals surface area contributed by atoms with Crippen LogP contribution in [0.25, 0.3) is 0 Å². The molecule has 0 aromatic heterocycles. The molecule has 0 radical (unpaired) electrons. The van der Waals surface area contributed by atoms with Crippen LogP contribution in [-0.4, -0.2) is 14.2 Å². The highest BCUT2D eigenvalue weighted by atomic mass is 79.9. The van der Waals surface area contributed by atoms with Crippen molar-refractivity contribution >= 4 is 15.9 Å². The molecule has 0 aliphatic carbocycles. The van der Waals surface area contributed by atoms with Gasteiger partial charge in [-0.3, -0.25) is 0 Å². The Balaban J connectivity index is 2.20. The predicted octanol–water partition coefficient (Wildman–Crippen LogP) is 3.90. The first-order valence-corrected chi connectivity index (χ1v) is 7.32. The Hall–Kier alpha value is -1.59. The SMILES string of the molecule is CNCc1cccc(F)c1OCc1cc(OC)ccc1Br. The standard InChI is InChI=1S/C16H17BrFNO2/c1-19-9-11-4-3-5-15(18)16(11)21-10-12-8-13(20-2)6-7-14(12)17/h3-8,19H,9-10H2,1-2H3. The van der Waals surface area contributed by atoms with E-state index in [-0.39, 0.29) is 18.2 Å². The maximum atomic E-state index is 13.9. The van der Waals surface area contributed by atoms with Gasteiger partial charge in [0.05, 0.1) is 7.11 Å². The molecule has 0 atom stereocenters. The van der Waals surface area contributed by atoms with Gasteiger partial charge in [-0.25, -0.2) is 4.39 Å². The van der Waals surface area contributed by atoms with Crippen molar-refractivity contribution < 1.29 is 13.9 Å². The van der Waals surface area contributed by atoms with Gasteiger partial charge in [0, 0.05) is 22.1 Å². The van der Waals surface area contributed by atoms with Gasteiger partial charge in [-0.15, -0.1) is 0 Å². The van der Waals surface area contributed by atoms with Crippen molar-refractivity contribution in [3.8, 4) is 11.5 Å². The van der Waals surface area contributed by atoms with Crippen LogP contribution in [0.2, 0.25) is 0 Å². The fourth-order valence-corrected chi connectivity index (χ4v) is 2.34. The van der Waals surface area contributed by atoms with Crippen molar-refractivity contribution in [3.63, 3.8) is 0 Å². The van der Waals surface area contributed by atoms with E-state index in [1.807, 2.05) is 31.3 Å². The Morgan fingerprint density at radius 3 is 2.71 bits per heavy atom. The van der Waals surface area contributed by atoms with Gasteiger partial charge in [0.1, 0.15) is 12.4 Å². The molecule has 0 unspecified atom stereocenters. The fraction of sp³-hybridized carbons (Fsp3) is 0.250. The summed E-state index contributed by atoms with van der Waals surface area (Å²) in [4.78, 5) is 0. The molecular weight excluding hydrogens is 337 g/mol. The number of ether oxygens (including phenoxy) is 2. The second-order valence-electron chi connectivity index (χ2n) is 4.50. The summed E-state index contributed by atoms with van der Waals surface area (Å²) in [6, 6.07) is 10.5. The number of halogens is 2. The van der Waals surface area contributed by atoms with Gasteiger partial charge >= 0.3 is 0 Å². The maximum Gasteiger partial charge on any atom is 0.165 e. The average molecular weight is 354 g/mol. The number of rotatable bonds is 6. The third-order valence-electron chi connectivity index (χ3n) is 3.04. The zero-order valence-corrected chi connectivity index (χ0v) is 13.5. The summed E-state index contributed by atoms with van der Waals surface area (Å²) in [7, 11) is 3.42. The number of nitrogens with one attached hydrogen (secondary N) is 1. The molecule has 112 valence electrons. The van der Waals surface area contributed by atoms with E-state index in [2.05, 4.69) is 21.2 Å². The van der Waals surface area contributed by atoms with E-state index in [0.717, 1.165) is 21.3 Å². The van der Waals surface area contributed by atoms with Crippen LogP contribution >= 0.6 is 15.9 Å². The zero-order valence-electron chi connectivity index (χ0n) is 12.0. The summed E-state index contributed by atoms with van der Waals surface area (Å²) < 4.78 is 25.7. The van der Waals surface area contributed by atoms with Gasteiger partial charge in [-0.1, -0.05) is 28.1 Å². The monoisotopic (exact) mass is 353 g/mol. The number of para-hydroxylation sites is 1. The van der Waals surface area contributed by atoms with E-state index < -0.39 is 0 Å². The topological polar surface area (TPSA) is 30.5 Å². The molecule has 2 aromatic rings. The first-order chi connectivity index (χ1) is 10.2. The Morgan fingerprint density at radius 1 is 1.19 bits per heavy atom. The second-order valence-corrected chi connectivity index (χ2v) is 5.36. The summed E-state index contributed by atoms with van der Waals surface area (Å²) in [5.41, 5.74) is 1.68. The minimum atomic E-state index is -0.359. The first kappa shape index (κ1) is 15.8. The molecule has 0 spiro atoms. The van der Waals surface area contributed by atoms with Gasteiger partial charge < -0.3 is 14.8 Å². The molecule has 0 saturated heterocycles. The van der Waals surface area contributed by atoms with Crippen molar-refractivity contribution in [1.82, 2.24) is 5.32 Å². The van der Waals surface area contributed by atoms with Gasteiger partial charge in [-0.05, 0) is 31.3 Å². The lowest BCUT2D eigenvalue weighted by Crippen LogP contribution is -2.09. The second kappa shape index (κ2) is 7.43. The molecule has 0 heterocycles. The summed E-state index contributed by atoms with van der Waals surface area (Å²) in [6.45, 7) is 0.807. The van der Waals surface area contributed by atoms with Crippen molar-refractivity contribution in [1.29, 1.82) is 0 Å². The highest BCUT2D eigenvalue weighted by Gasteiger charge is 2.11. The van der Waals surface area contributed by atoms with E-state index in [9.17, 15) is 4.39 Å². The Kier molecular flexibility index (Phi) is 5.59. The number of benzene rings is 2. The number of methoxy groups -OCH3 is 1. The largest absolute Gasteiger partial charge is 0.497 e. The van der Waals surface area contributed by atoms with Crippen LogP contribution in [0.4, 0.5) is 4.39 Å². The lowest BCUT2D eigenvalue weighted by atomic mass is 10.2. The normalized spacial score (nSPS) is 10.5. The van der Waals surface area contributed by atoms with Crippen LogP contribution in [0.1, 0.15) is 11.1 Å². The molecule has 3 nitrogen and oxygen atoms in total.